The molecule has 2 aliphatic heterocycles. The predicted octanol–water partition coefficient (Wildman–Crippen LogP) is 2.84. The van der Waals surface area contributed by atoms with Crippen LogP contribution in [0.1, 0.15) is 51.5 Å². The monoisotopic (exact) mass is 505 g/mol. The van der Waals surface area contributed by atoms with Gasteiger partial charge in [-0.15, -0.1) is 0 Å². The number of allylic oxidation sites excluding steroid dienone is 2. The molecule has 8 nitrogen and oxygen atoms in total. The molecule has 4 aliphatic rings. The SMILES string of the molecule is CC(=O)CC(C)(O)CCOC(=O)N1c2ccc(OCCO)cc2[C@@]23O[C@]24CCC[C@H]3C#C/C=C\C#C[C@H]14. The number of nitrogens with zero attached hydrogens (tertiary/aromatic N) is 1. The van der Waals surface area contributed by atoms with E-state index in [-0.39, 0.29) is 44.4 Å². The first kappa shape index (κ1) is 25.4. The van der Waals surface area contributed by atoms with E-state index in [1.165, 1.54) is 6.92 Å². The van der Waals surface area contributed by atoms with Gasteiger partial charge in [0, 0.05) is 18.4 Å². The lowest BCUT2D eigenvalue weighted by Crippen LogP contribution is -2.57. The van der Waals surface area contributed by atoms with E-state index >= 15 is 0 Å². The number of hydrogen-bond donors (Lipinski definition) is 2. The Balaban J connectivity index is 1.54. The first-order valence-electron chi connectivity index (χ1n) is 12.7. The molecule has 8 heteroatoms. The molecule has 37 heavy (non-hydrogen) atoms. The third kappa shape index (κ3) is 4.30. The number of anilines is 1. The summed E-state index contributed by atoms with van der Waals surface area (Å²) in [5.41, 5.74) is -1.31. The summed E-state index contributed by atoms with van der Waals surface area (Å²) in [6.45, 7) is 2.94. The average molecular weight is 506 g/mol. The van der Waals surface area contributed by atoms with Gasteiger partial charge in [-0.25, -0.2) is 4.79 Å². The van der Waals surface area contributed by atoms with E-state index in [1.807, 2.05) is 6.07 Å². The van der Waals surface area contributed by atoms with Crippen molar-refractivity contribution in [2.24, 2.45) is 5.92 Å². The lowest BCUT2D eigenvalue weighted by Gasteiger charge is -2.43. The Labute approximate surface area is 216 Å². The van der Waals surface area contributed by atoms with Crippen LogP contribution in [-0.2, 0) is 19.9 Å². The van der Waals surface area contributed by atoms with Crippen molar-refractivity contribution in [3.8, 4) is 29.4 Å². The van der Waals surface area contributed by atoms with Crippen LogP contribution in [0.15, 0.2) is 30.4 Å². The van der Waals surface area contributed by atoms with Gasteiger partial charge in [0.1, 0.15) is 35.4 Å². The minimum Gasteiger partial charge on any atom is -0.491 e. The molecule has 2 aliphatic carbocycles. The Kier molecular flexibility index (Phi) is 6.53. The second kappa shape index (κ2) is 9.54. The maximum atomic E-state index is 13.6. The van der Waals surface area contributed by atoms with Crippen molar-refractivity contribution < 1.29 is 34.0 Å². The zero-order valence-electron chi connectivity index (χ0n) is 21.1. The summed E-state index contributed by atoms with van der Waals surface area (Å²) in [6, 6.07) is 4.82. The van der Waals surface area contributed by atoms with Crippen LogP contribution in [0.4, 0.5) is 10.5 Å². The van der Waals surface area contributed by atoms with E-state index in [9.17, 15) is 19.8 Å². The summed E-state index contributed by atoms with van der Waals surface area (Å²) >= 11 is 0. The number of ketones is 1. The normalized spacial score (nSPS) is 30.5. The van der Waals surface area contributed by atoms with E-state index in [4.69, 9.17) is 14.2 Å². The number of hydrogen-bond acceptors (Lipinski definition) is 7. The summed E-state index contributed by atoms with van der Waals surface area (Å²) < 4.78 is 18.0. The van der Waals surface area contributed by atoms with E-state index in [0.717, 1.165) is 18.4 Å². The van der Waals surface area contributed by atoms with Gasteiger partial charge in [0.15, 0.2) is 0 Å². The molecule has 2 N–H and O–H groups in total. The second-order valence-electron chi connectivity index (χ2n) is 10.3. The molecule has 5 rings (SSSR count). The Bertz CT molecular complexity index is 1260. The molecule has 1 aromatic carbocycles. The summed E-state index contributed by atoms with van der Waals surface area (Å²) in [5.74, 6) is 13.1. The number of benzene rings is 1. The number of amides is 1. The van der Waals surface area contributed by atoms with E-state index in [2.05, 4.69) is 23.7 Å². The number of rotatable bonds is 8. The zero-order chi connectivity index (χ0) is 26.3. The minimum atomic E-state index is -1.27. The van der Waals surface area contributed by atoms with Gasteiger partial charge >= 0.3 is 6.09 Å². The van der Waals surface area contributed by atoms with Crippen molar-refractivity contribution in [1.29, 1.82) is 0 Å². The third-order valence-corrected chi connectivity index (χ3v) is 7.57. The molecule has 4 bridgehead atoms. The fraction of sp³-hybridized carbons (Fsp3) is 0.517. The standard InChI is InChI=1S/C29H31NO7/c1-20(32)19-27(2,34)14-16-36-26(33)30-24-12-11-22(35-17-15-31)18-23(24)29-21-8-5-3-4-6-10-25(30)28(29,37-29)13-7-9-21/h3-4,11-12,18,21,25,31,34H,7,9,13-17,19H2,1-2H3/b4-3-/t21-,25+,27?,28+,29-/m1/s1. The molecule has 2 heterocycles. The van der Waals surface area contributed by atoms with Gasteiger partial charge in [-0.05, 0) is 63.5 Å². The number of ether oxygens (including phenoxy) is 3. The van der Waals surface area contributed by atoms with Crippen LogP contribution in [0.25, 0.3) is 0 Å². The molecule has 1 aromatic rings. The quantitative estimate of drug-likeness (QED) is 0.413. The van der Waals surface area contributed by atoms with Crippen LogP contribution < -0.4 is 9.64 Å². The number of carbonyl (C=O) groups is 2. The highest BCUT2D eigenvalue weighted by molar-refractivity contribution is 5.93. The fourth-order valence-electron chi connectivity index (χ4n) is 6.10. The van der Waals surface area contributed by atoms with Crippen LogP contribution in [-0.4, -0.2) is 59.2 Å². The van der Waals surface area contributed by atoms with E-state index in [1.54, 1.807) is 36.1 Å². The molecule has 2 fully saturated rings. The van der Waals surface area contributed by atoms with Gasteiger partial charge in [-0.2, -0.15) is 0 Å². The number of aliphatic hydroxyl groups excluding tert-OH is 1. The smallest absolute Gasteiger partial charge is 0.415 e. The van der Waals surface area contributed by atoms with Crippen molar-refractivity contribution in [1.82, 2.24) is 0 Å². The Morgan fingerprint density at radius 2 is 2.03 bits per heavy atom. The van der Waals surface area contributed by atoms with Crippen LogP contribution in [0, 0.1) is 29.6 Å². The van der Waals surface area contributed by atoms with Crippen molar-refractivity contribution in [3.05, 3.63) is 35.9 Å². The molecule has 1 saturated carbocycles. The Hall–Kier alpha value is -3.30. The molecular formula is C29H31NO7. The number of aliphatic hydroxyl groups is 2. The lowest BCUT2D eigenvalue weighted by atomic mass is 9.64. The van der Waals surface area contributed by atoms with Gasteiger partial charge in [0.25, 0.3) is 0 Å². The maximum Gasteiger partial charge on any atom is 0.415 e. The largest absolute Gasteiger partial charge is 0.491 e. The third-order valence-electron chi connectivity index (χ3n) is 7.57. The fourth-order valence-corrected chi connectivity index (χ4v) is 6.10. The summed E-state index contributed by atoms with van der Waals surface area (Å²) in [5, 5.41) is 19.7. The van der Waals surface area contributed by atoms with Gasteiger partial charge in [-0.3, -0.25) is 9.69 Å². The first-order chi connectivity index (χ1) is 17.7. The molecule has 1 saturated heterocycles. The van der Waals surface area contributed by atoms with E-state index in [0.29, 0.717) is 17.9 Å². The molecule has 5 atom stereocenters. The second-order valence-corrected chi connectivity index (χ2v) is 10.3. The minimum absolute atomic E-state index is 0.0178. The summed E-state index contributed by atoms with van der Waals surface area (Å²) in [7, 11) is 0. The molecule has 1 amide bonds. The highest BCUT2D eigenvalue weighted by atomic mass is 16.6. The number of fused-ring (bicyclic) bond motifs is 1. The Morgan fingerprint density at radius 3 is 2.78 bits per heavy atom. The molecule has 0 aromatic heterocycles. The molecule has 1 unspecified atom stereocenters. The zero-order valence-corrected chi connectivity index (χ0v) is 21.1. The van der Waals surface area contributed by atoms with Crippen molar-refractivity contribution in [2.45, 2.75) is 68.8 Å². The number of epoxide rings is 1. The predicted molar refractivity (Wildman–Crippen MR) is 135 cm³/mol. The highest BCUT2D eigenvalue weighted by Gasteiger charge is 2.81. The van der Waals surface area contributed by atoms with Crippen molar-refractivity contribution in [3.63, 3.8) is 0 Å². The van der Waals surface area contributed by atoms with Crippen LogP contribution in [0.2, 0.25) is 0 Å². The highest BCUT2D eigenvalue weighted by Crippen LogP contribution is 2.72. The van der Waals surface area contributed by atoms with Crippen molar-refractivity contribution >= 4 is 17.6 Å². The summed E-state index contributed by atoms with van der Waals surface area (Å²) in [4.78, 5) is 26.6. The van der Waals surface area contributed by atoms with Gasteiger partial charge in [-0.1, -0.05) is 23.7 Å². The molecule has 0 spiro atoms. The van der Waals surface area contributed by atoms with Gasteiger partial charge in [0.05, 0.1) is 30.4 Å². The molecular weight excluding hydrogens is 474 g/mol. The van der Waals surface area contributed by atoms with Gasteiger partial charge in [0.2, 0.25) is 0 Å². The number of Topliss-reactive ketones (excluding diaryl/α,β-unsaturated/α-hetero) is 1. The van der Waals surface area contributed by atoms with Crippen LogP contribution >= 0.6 is 0 Å². The number of carbonyl (C=O) groups excluding carboxylic acids is 2. The molecule has 194 valence electrons. The van der Waals surface area contributed by atoms with Crippen LogP contribution in [0.3, 0.4) is 0 Å². The van der Waals surface area contributed by atoms with E-state index < -0.39 is 28.9 Å². The lowest BCUT2D eigenvalue weighted by molar-refractivity contribution is -0.121. The van der Waals surface area contributed by atoms with Gasteiger partial charge < -0.3 is 24.4 Å². The molecule has 0 radical (unpaired) electrons. The first-order valence-corrected chi connectivity index (χ1v) is 12.7. The van der Waals surface area contributed by atoms with Crippen molar-refractivity contribution in [2.75, 3.05) is 24.7 Å². The van der Waals surface area contributed by atoms with Crippen LogP contribution in [0.5, 0.6) is 5.75 Å². The topological polar surface area (TPSA) is 109 Å². The Morgan fingerprint density at radius 1 is 1.24 bits per heavy atom. The summed E-state index contributed by atoms with van der Waals surface area (Å²) in [6.07, 6.45) is 5.35. The average Bonchev–Trinajstić information content (AvgIpc) is 3.56. The maximum absolute atomic E-state index is 13.6.